The highest BCUT2D eigenvalue weighted by atomic mass is 32.2. The van der Waals surface area contributed by atoms with Gasteiger partial charge in [-0.25, -0.2) is 0 Å². The van der Waals surface area contributed by atoms with Crippen LogP contribution in [0.15, 0.2) is 21.4 Å². The van der Waals surface area contributed by atoms with Crippen LogP contribution in [-0.4, -0.2) is 36.9 Å². The second-order valence-corrected chi connectivity index (χ2v) is 8.17. The van der Waals surface area contributed by atoms with Gasteiger partial charge in [0.15, 0.2) is 5.16 Å². The molecule has 1 aliphatic rings. The summed E-state index contributed by atoms with van der Waals surface area (Å²) in [5.74, 6) is 0.817. The summed E-state index contributed by atoms with van der Waals surface area (Å²) in [6.07, 6.45) is 5.79. The molecule has 7 nitrogen and oxygen atoms in total. The van der Waals surface area contributed by atoms with Crippen LogP contribution in [0.5, 0.6) is 0 Å². The van der Waals surface area contributed by atoms with E-state index in [2.05, 4.69) is 15.5 Å². The van der Waals surface area contributed by atoms with Crippen LogP contribution in [0.4, 0.5) is 0 Å². The van der Waals surface area contributed by atoms with Crippen LogP contribution < -0.4 is 10.9 Å². The molecule has 1 N–H and O–H groups in total. The smallest absolute Gasteiger partial charge is 0.272 e. The summed E-state index contributed by atoms with van der Waals surface area (Å²) < 4.78 is 4.02. The van der Waals surface area contributed by atoms with E-state index in [1.54, 1.807) is 7.05 Å². The molecule has 0 saturated heterocycles. The molecule has 0 unspecified atom stereocenters. The number of rotatable bonds is 4. The molecule has 0 bridgehead atoms. The molecule has 9 heteroatoms. The Balaban J connectivity index is 1.56. The van der Waals surface area contributed by atoms with Crippen LogP contribution in [0.1, 0.15) is 32.1 Å². The van der Waals surface area contributed by atoms with Crippen molar-refractivity contribution in [2.24, 2.45) is 7.05 Å². The lowest BCUT2D eigenvalue weighted by Gasteiger charge is -2.22. The van der Waals surface area contributed by atoms with Crippen molar-refractivity contribution in [3.63, 3.8) is 0 Å². The number of carbonyl (C=O) groups is 1. The van der Waals surface area contributed by atoms with E-state index in [9.17, 15) is 9.59 Å². The molecule has 1 amide bonds. The Morgan fingerprint density at radius 2 is 2.16 bits per heavy atom. The van der Waals surface area contributed by atoms with Crippen molar-refractivity contribution < 1.29 is 4.79 Å². The van der Waals surface area contributed by atoms with E-state index in [1.807, 2.05) is 15.8 Å². The third kappa shape index (κ3) is 3.06. The van der Waals surface area contributed by atoms with Gasteiger partial charge in [0.1, 0.15) is 4.70 Å². The molecule has 132 valence electrons. The largest absolute Gasteiger partial charge is 0.353 e. The van der Waals surface area contributed by atoms with Crippen LogP contribution in [0.3, 0.4) is 0 Å². The lowest BCUT2D eigenvalue weighted by molar-refractivity contribution is -0.119. The average molecular weight is 377 g/mol. The van der Waals surface area contributed by atoms with Crippen molar-refractivity contribution in [3.8, 4) is 0 Å². The maximum atomic E-state index is 12.3. The number of thioether (sulfide) groups is 1. The van der Waals surface area contributed by atoms with Gasteiger partial charge in [-0.2, -0.15) is 0 Å². The standard InChI is InChI=1S/C16H19N5O2S2/c1-20-14(23)13-11(7-8-24-13)21-15(20)18-19-16(21)25-9-12(22)17-10-5-3-2-4-6-10/h7-8,10H,2-6,9H2,1H3,(H,17,22). The van der Waals surface area contributed by atoms with Gasteiger partial charge in [0.05, 0.1) is 11.3 Å². The summed E-state index contributed by atoms with van der Waals surface area (Å²) in [5, 5.41) is 13.9. The van der Waals surface area contributed by atoms with E-state index in [1.165, 1.54) is 46.9 Å². The first kappa shape index (κ1) is 16.6. The highest BCUT2D eigenvalue weighted by molar-refractivity contribution is 7.99. The van der Waals surface area contributed by atoms with Gasteiger partial charge in [0.2, 0.25) is 11.7 Å². The van der Waals surface area contributed by atoms with E-state index in [0.717, 1.165) is 18.4 Å². The average Bonchev–Trinajstić information content (AvgIpc) is 3.25. The van der Waals surface area contributed by atoms with E-state index < -0.39 is 0 Å². The number of thiophene rings is 1. The van der Waals surface area contributed by atoms with Crippen LogP contribution in [0.25, 0.3) is 16.0 Å². The van der Waals surface area contributed by atoms with Crippen LogP contribution in [0.2, 0.25) is 0 Å². The summed E-state index contributed by atoms with van der Waals surface area (Å²) in [5.41, 5.74) is 0.722. The fourth-order valence-electron chi connectivity index (χ4n) is 3.31. The van der Waals surface area contributed by atoms with Gasteiger partial charge < -0.3 is 5.32 Å². The number of aromatic nitrogens is 4. The summed E-state index contributed by atoms with van der Waals surface area (Å²) in [7, 11) is 1.69. The third-order valence-corrected chi connectivity index (χ3v) is 6.42. The Hall–Kier alpha value is -1.87. The molecule has 1 fully saturated rings. The van der Waals surface area contributed by atoms with Crippen LogP contribution in [0, 0.1) is 0 Å². The van der Waals surface area contributed by atoms with Crippen molar-refractivity contribution in [1.29, 1.82) is 0 Å². The maximum Gasteiger partial charge on any atom is 0.272 e. The minimum atomic E-state index is -0.0727. The number of hydrogen-bond donors (Lipinski definition) is 1. The Morgan fingerprint density at radius 1 is 1.36 bits per heavy atom. The number of nitrogens with one attached hydrogen (secondary N) is 1. The molecular formula is C16H19N5O2S2. The predicted molar refractivity (Wildman–Crippen MR) is 99.4 cm³/mol. The number of amides is 1. The zero-order chi connectivity index (χ0) is 17.4. The quantitative estimate of drug-likeness (QED) is 0.705. The highest BCUT2D eigenvalue weighted by Gasteiger charge is 2.19. The number of aryl methyl sites for hydroxylation is 1. The van der Waals surface area contributed by atoms with Gasteiger partial charge in [-0.3, -0.25) is 18.6 Å². The fraction of sp³-hybridized carbons (Fsp3) is 0.500. The van der Waals surface area contributed by atoms with Crippen molar-refractivity contribution >= 4 is 45.0 Å². The Morgan fingerprint density at radius 3 is 2.96 bits per heavy atom. The second kappa shape index (κ2) is 6.80. The topological polar surface area (TPSA) is 81.3 Å². The second-order valence-electron chi connectivity index (χ2n) is 6.31. The predicted octanol–water partition coefficient (Wildman–Crippen LogP) is 2.18. The van der Waals surface area contributed by atoms with Crippen molar-refractivity contribution in [2.45, 2.75) is 43.3 Å². The maximum absolute atomic E-state index is 12.3. The minimum Gasteiger partial charge on any atom is -0.353 e. The zero-order valence-electron chi connectivity index (χ0n) is 13.9. The van der Waals surface area contributed by atoms with Gasteiger partial charge in [0, 0.05) is 13.1 Å². The van der Waals surface area contributed by atoms with Crippen molar-refractivity contribution in [3.05, 3.63) is 21.8 Å². The zero-order valence-corrected chi connectivity index (χ0v) is 15.5. The third-order valence-electron chi connectivity index (χ3n) is 4.60. The number of fused-ring (bicyclic) bond motifs is 3. The summed E-state index contributed by atoms with van der Waals surface area (Å²) in [6, 6.07) is 2.20. The molecule has 0 aliphatic heterocycles. The normalized spacial score (nSPS) is 15.9. The van der Waals surface area contributed by atoms with E-state index in [0.29, 0.717) is 27.4 Å². The lowest BCUT2D eigenvalue weighted by Crippen LogP contribution is -2.37. The lowest BCUT2D eigenvalue weighted by atomic mass is 9.95. The molecule has 1 saturated carbocycles. The van der Waals surface area contributed by atoms with Gasteiger partial charge in [-0.05, 0) is 24.3 Å². The molecular weight excluding hydrogens is 358 g/mol. The number of carbonyl (C=O) groups excluding carboxylic acids is 1. The first-order valence-corrected chi connectivity index (χ1v) is 10.2. The highest BCUT2D eigenvalue weighted by Crippen LogP contribution is 2.24. The van der Waals surface area contributed by atoms with Gasteiger partial charge >= 0.3 is 0 Å². The molecule has 0 aromatic carbocycles. The summed E-state index contributed by atoms with van der Waals surface area (Å²) in [6.45, 7) is 0. The molecule has 0 atom stereocenters. The van der Waals surface area contributed by atoms with E-state index in [4.69, 9.17) is 0 Å². The van der Waals surface area contributed by atoms with Gasteiger partial charge in [-0.1, -0.05) is 31.0 Å². The molecule has 3 heterocycles. The van der Waals surface area contributed by atoms with Crippen molar-refractivity contribution in [2.75, 3.05) is 5.75 Å². The Labute approximate surface area is 152 Å². The molecule has 0 radical (unpaired) electrons. The Bertz CT molecular complexity index is 984. The Kier molecular flexibility index (Phi) is 4.51. The molecule has 3 aromatic heterocycles. The monoisotopic (exact) mass is 377 g/mol. The summed E-state index contributed by atoms with van der Waals surface area (Å²) >= 11 is 2.76. The summed E-state index contributed by atoms with van der Waals surface area (Å²) in [4.78, 5) is 24.6. The fourth-order valence-corrected chi connectivity index (χ4v) is 4.91. The molecule has 1 aliphatic carbocycles. The molecule has 25 heavy (non-hydrogen) atoms. The van der Waals surface area contributed by atoms with Crippen LogP contribution in [-0.2, 0) is 11.8 Å². The molecule has 0 spiro atoms. The van der Waals surface area contributed by atoms with Gasteiger partial charge in [0.25, 0.3) is 5.56 Å². The van der Waals surface area contributed by atoms with E-state index >= 15 is 0 Å². The van der Waals surface area contributed by atoms with Crippen LogP contribution >= 0.6 is 23.1 Å². The minimum absolute atomic E-state index is 0.0278. The van der Waals surface area contributed by atoms with E-state index in [-0.39, 0.29) is 11.5 Å². The first-order chi connectivity index (χ1) is 12.1. The first-order valence-electron chi connectivity index (χ1n) is 8.38. The number of hydrogen-bond acceptors (Lipinski definition) is 6. The SMILES string of the molecule is Cn1c(=O)c2sccc2n2c(SCC(=O)NC3CCCCC3)nnc12. The molecule has 4 rings (SSSR count). The molecule has 3 aromatic rings. The van der Waals surface area contributed by atoms with Gasteiger partial charge in [-0.15, -0.1) is 21.5 Å². The number of nitrogens with zero attached hydrogens (tertiary/aromatic N) is 4. The van der Waals surface area contributed by atoms with Crippen molar-refractivity contribution in [1.82, 2.24) is 24.5 Å².